The number of hydrogen-bond donors (Lipinski definition) is 1. The van der Waals surface area contributed by atoms with E-state index in [1.54, 1.807) is 12.1 Å². The van der Waals surface area contributed by atoms with Gasteiger partial charge in [-0.3, -0.25) is 14.9 Å². The Labute approximate surface area is 174 Å². The maximum absolute atomic E-state index is 12.3. The third kappa shape index (κ3) is 5.94. The first-order valence-electron chi connectivity index (χ1n) is 9.27. The Balaban J connectivity index is 1.94. The minimum absolute atomic E-state index is 0.115. The number of ether oxygens (including phenoxy) is 3. The van der Waals surface area contributed by atoms with Crippen LogP contribution >= 0.6 is 0 Å². The summed E-state index contributed by atoms with van der Waals surface area (Å²) < 4.78 is 15.7. The lowest BCUT2D eigenvalue weighted by molar-refractivity contribution is -0.384. The van der Waals surface area contributed by atoms with Gasteiger partial charge in [-0.2, -0.15) is 0 Å². The number of carbonyl (C=O) groups excluding carboxylic acids is 2. The summed E-state index contributed by atoms with van der Waals surface area (Å²) in [6, 6.07) is 11.1. The number of nitrogens with zero attached hydrogens (tertiary/aromatic N) is 1. The summed E-state index contributed by atoms with van der Waals surface area (Å²) in [4.78, 5) is 34.7. The molecule has 1 amide bonds. The number of para-hydroxylation sites is 1. The first-order chi connectivity index (χ1) is 14.2. The number of nitrogens with one attached hydrogen (secondary N) is 1. The Morgan fingerprint density at radius 3 is 2.43 bits per heavy atom. The second kappa shape index (κ2) is 10.2. The molecule has 0 aliphatic rings. The fourth-order valence-electron chi connectivity index (χ4n) is 2.64. The van der Waals surface area contributed by atoms with E-state index in [1.165, 1.54) is 32.2 Å². The van der Waals surface area contributed by atoms with Crippen LogP contribution in [0.15, 0.2) is 42.5 Å². The Bertz CT molecular complexity index is 927. The van der Waals surface area contributed by atoms with Crippen LogP contribution in [0.3, 0.4) is 0 Å². The van der Waals surface area contributed by atoms with E-state index in [0.717, 1.165) is 5.56 Å². The van der Waals surface area contributed by atoms with Crippen LogP contribution in [0.25, 0.3) is 0 Å². The number of methoxy groups -OCH3 is 1. The number of esters is 1. The molecule has 0 aromatic heterocycles. The fraction of sp³-hybridized carbons (Fsp3) is 0.333. The van der Waals surface area contributed by atoms with Gasteiger partial charge in [-0.25, -0.2) is 4.79 Å². The van der Waals surface area contributed by atoms with Crippen molar-refractivity contribution < 1.29 is 28.7 Å². The molecule has 0 aliphatic heterocycles. The molecule has 30 heavy (non-hydrogen) atoms. The molecule has 0 aliphatic carbocycles. The number of carbonyl (C=O) groups is 2. The largest absolute Gasteiger partial charge is 0.494 e. The van der Waals surface area contributed by atoms with Crippen LogP contribution in [0, 0.1) is 10.1 Å². The molecule has 9 heteroatoms. The molecule has 2 rings (SSSR count). The van der Waals surface area contributed by atoms with Crippen molar-refractivity contribution in [3.05, 3.63) is 58.1 Å². The molecule has 0 spiro atoms. The summed E-state index contributed by atoms with van der Waals surface area (Å²) in [5, 5.41) is 13.4. The summed E-state index contributed by atoms with van der Waals surface area (Å²) in [6.45, 7) is 5.09. The number of amides is 1. The van der Waals surface area contributed by atoms with Gasteiger partial charge in [0.25, 0.3) is 11.6 Å². The molecule has 0 bridgehead atoms. The molecule has 0 unspecified atom stereocenters. The average Bonchev–Trinajstić information content (AvgIpc) is 2.72. The molecular weight excluding hydrogens is 392 g/mol. The molecule has 1 atom stereocenters. The maximum atomic E-state index is 12.3. The van der Waals surface area contributed by atoms with Gasteiger partial charge in [0.15, 0.2) is 12.7 Å². The molecule has 0 saturated carbocycles. The highest BCUT2D eigenvalue weighted by Gasteiger charge is 2.21. The van der Waals surface area contributed by atoms with Crippen molar-refractivity contribution in [3.63, 3.8) is 0 Å². The molecule has 2 aromatic rings. The van der Waals surface area contributed by atoms with E-state index in [4.69, 9.17) is 14.2 Å². The Hall–Kier alpha value is -3.62. The zero-order chi connectivity index (χ0) is 22.3. The lowest BCUT2D eigenvalue weighted by Gasteiger charge is -2.16. The predicted octanol–water partition coefficient (Wildman–Crippen LogP) is 3.68. The molecular formula is C21H24N2O7. The Morgan fingerprint density at radius 1 is 1.10 bits per heavy atom. The van der Waals surface area contributed by atoms with Crippen LogP contribution in [-0.4, -0.2) is 36.6 Å². The summed E-state index contributed by atoms with van der Waals surface area (Å²) in [5.41, 5.74) is 1.00. The predicted molar refractivity (Wildman–Crippen MR) is 110 cm³/mol. The van der Waals surface area contributed by atoms with E-state index >= 15 is 0 Å². The zero-order valence-corrected chi connectivity index (χ0v) is 17.2. The van der Waals surface area contributed by atoms with E-state index in [1.807, 2.05) is 26.0 Å². The summed E-state index contributed by atoms with van der Waals surface area (Å²) in [5.74, 6) is -0.398. The third-order valence-corrected chi connectivity index (χ3v) is 4.22. The number of non-ortho nitro benzene ring substituents is 1. The molecule has 1 N–H and O–H groups in total. The van der Waals surface area contributed by atoms with Crippen molar-refractivity contribution in [1.82, 2.24) is 0 Å². The van der Waals surface area contributed by atoms with E-state index in [2.05, 4.69) is 5.32 Å². The first kappa shape index (κ1) is 22.7. The molecule has 2 aromatic carbocycles. The van der Waals surface area contributed by atoms with Crippen LogP contribution in [0.1, 0.15) is 32.3 Å². The van der Waals surface area contributed by atoms with Crippen molar-refractivity contribution in [1.29, 1.82) is 0 Å². The number of anilines is 1. The Kier molecular flexibility index (Phi) is 7.74. The minimum Gasteiger partial charge on any atom is -0.494 e. The van der Waals surface area contributed by atoms with E-state index in [0.29, 0.717) is 5.75 Å². The first-order valence-corrected chi connectivity index (χ1v) is 9.27. The number of nitro benzene ring substituents is 1. The zero-order valence-electron chi connectivity index (χ0n) is 17.2. The van der Waals surface area contributed by atoms with Crippen LogP contribution in [0.5, 0.6) is 11.5 Å². The van der Waals surface area contributed by atoms with E-state index in [-0.39, 0.29) is 29.6 Å². The third-order valence-electron chi connectivity index (χ3n) is 4.22. The van der Waals surface area contributed by atoms with Crippen molar-refractivity contribution in [3.8, 4) is 11.5 Å². The van der Waals surface area contributed by atoms with Crippen LogP contribution < -0.4 is 14.8 Å². The van der Waals surface area contributed by atoms with Crippen LogP contribution in [-0.2, 0) is 14.3 Å². The quantitative estimate of drug-likeness (QED) is 0.376. The highest BCUT2D eigenvalue weighted by atomic mass is 16.6. The summed E-state index contributed by atoms with van der Waals surface area (Å²) >= 11 is 0. The van der Waals surface area contributed by atoms with Gasteiger partial charge < -0.3 is 19.5 Å². The molecule has 160 valence electrons. The maximum Gasteiger partial charge on any atom is 0.344 e. The molecule has 0 saturated heterocycles. The van der Waals surface area contributed by atoms with Gasteiger partial charge in [0.05, 0.1) is 23.8 Å². The summed E-state index contributed by atoms with van der Waals surface area (Å²) in [6.07, 6.45) is -1.11. The van der Waals surface area contributed by atoms with Crippen molar-refractivity contribution in [2.24, 2.45) is 0 Å². The average molecular weight is 416 g/mol. The number of benzene rings is 2. The second-order valence-electron chi connectivity index (χ2n) is 6.74. The standard InChI is InChI=1S/C21H24N2O7/c1-13(2)16-7-5-6-8-18(16)29-12-20(24)30-14(3)21(25)22-17-10-9-15(23(26)27)11-19(17)28-4/h5-11,13-14H,12H2,1-4H3,(H,22,25)/t14-/m1/s1. The van der Waals surface area contributed by atoms with E-state index < -0.39 is 22.9 Å². The van der Waals surface area contributed by atoms with Gasteiger partial charge in [0.2, 0.25) is 0 Å². The van der Waals surface area contributed by atoms with Gasteiger partial charge in [-0.05, 0) is 30.5 Å². The van der Waals surface area contributed by atoms with E-state index in [9.17, 15) is 19.7 Å². The van der Waals surface area contributed by atoms with Gasteiger partial charge in [-0.15, -0.1) is 0 Å². The highest BCUT2D eigenvalue weighted by Crippen LogP contribution is 2.29. The van der Waals surface area contributed by atoms with Crippen LogP contribution in [0.2, 0.25) is 0 Å². The van der Waals surface area contributed by atoms with Gasteiger partial charge in [0.1, 0.15) is 11.5 Å². The molecule has 0 heterocycles. The lowest BCUT2D eigenvalue weighted by atomic mass is 10.0. The molecule has 9 nitrogen and oxygen atoms in total. The monoisotopic (exact) mass is 416 g/mol. The number of nitro groups is 1. The SMILES string of the molecule is COc1cc([N+](=O)[O-])ccc1NC(=O)[C@@H](C)OC(=O)COc1ccccc1C(C)C. The van der Waals surface area contributed by atoms with Crippen molar-refractivity contribution in [2.45, 2.75) is 32.8 Å². The fourth-order valence-corrected chi connectivity index (χ4v) is 2.64. The highest BCUT2D eigenvalue weighted by molar-refractivity contribution is 5.96. The Morgan fingerprint density at radius 2 is 1.80 bits per heavy atom. The second-order valence-corrected chi connectivity index (χ2v) is 6.74. The van der Waals surface area contributed by atoms with Gasteiger partial charge in [-0.1, -0.05) is 32.0 Å². The number of hydrogen-bond acceptors (Lipinski definition) is 7. The topological polar surface area (TPSA) is 117 Å². The van der Waals surface area contributed by atoms with Gasteiger partial charge >= 0.3 is 5.97 Å². The minimum atomic E-state index is -1.11. The lowest BCUT2D eigenvalue weighted by Crippen LogP contribution is -2.31. The molecule has 0 radical (unpaired) electrons. The van der Waals surface area contributed by atoms with Gasteiger partial charge in [0, 0.05) is 6.07 Å². The molecule has 0 fully saturated rings. The normalized spacial score (nSPS) is 11.5. The smallest absolute Gasteiger partial charge is 0.344 e. The van der Waals surface area contributed by atoms with Crippen LogP contribution in [0.4, 0.5) is 11.4 Å². The van der Waals surface area contributed by atoms with Crippen molar-refractivity contribution in [2.75, 3.05) is 19.0 Å². The number of rotatable bonds is 9. The summed E-state index contributed by atoms with van der Waals surface area (Å²) in [7, 11) is 1.32. The van der Waals surface area contributed by atoms with Crippen molar-refractivity contribution >= 4 is 23.3 Å².